The molecule has 3 aromatic rings. The van der Waals surface area contributed by atoms with Gasteiger partial charge in [0.1, 0.15) is 0 Å². The van der Waals surface area contributed by atoms with Crippen LogP contribution in [0.3, 0.4) is 0 Å². The number of hydrogen-bond donors (Lipinski definition) is 1. The molecule has 1 heterocycles. The van der Waals surface area contributed by atoms with Crippen LogP contribution in [0.2, 0.25) is 0 Å². The molecule has 0 atom stereocenters. The maximum absolute atomic E-state index is 11.5. The molecule has 2 aromatic carbocycles. The maximum Gasteiger partial charge on any atom is 0.152 e. The van der Waals surface area contributed by atoms with Crippen molar-refractivity contribution in [2.45, 2.75) is 26.2 Å². The first kappa shape index (κ1) is 12.0. The van der Waals surface area contributed by atoms with Crippen molar-refractivity contribution in [2.75, 3.05) is 0 Å². The molecule has 0 aliphatic carbocycles. The Morgan fingerprint density at radius 1 is 1.11 bits per heavy atom. The second kappa shape index (κ2) is 4.88. The monoisotopic (exact) mass is 251 g/mol. The van der Waals surface area contributed by atoms with E-state index in [2.05, 4.69) is 36.2 Å². The molecule has 1 aromatic heterocycles. The molecule has 0 unspecified atom stereocenters. The van der Waals surface area contributed by atoms with Crippen molar-refractivity contribution >= 4 is 28.1 Å². The zero-order valence-electron chi connectivity index (χ0n) is 11.1. The highest BCUT2D eigenvalue weighted by molar-refractivity contribution is 6.12. The average Bonchev–Trinajstić information content (AvgIpc) is 2.83. The van der Waals surface area contributed by atoms with Gasteiger partial charge in [-0.2, -0.15) is 0 Å². The third-order valence-electron chi connectivity index (χ3n) is 3.73. The fourth-order valence-electron chi connectivity index (χ4n) is 2.70. The number of carbonyl (C=O) groups excluding carboxylic acids is 1. The minimum Gasteiger partial charge on any atom is -0.354 e. The summed E-state index contributed by atoms with van der Waals surface area (Å²) in [5.74, 6) is 0. The molecule has 0 radical (unpaired) electrons. The molecule has 2 nitrogen and oxygen atoms in total. The van der Waals surface area contributed by atoms with Gasteiger partial charge in [0, 0.05) is 21.9 Å². The van der Waals surface area contributed by atoms with Gasteiger partial charge in [-0.25, -0.2) is 0 Å². The van der Waals surface area contributed by atoms with Gasteiger partial charge in [-0.3, -0.25) is 4.79 Å². The number of carbonyl (C=O) groups is 1. The quantitative estimate of drug-likeness (QED) is 0.681. The summed E-state index contributed by atoms with van der Waals surface area (Å²) in [5, 5.41) is 2.32. The van der Waals surface area contributed by atoms with Crippen molar-refractivity contribution in [3.63, 3.8) is 0 Å². The van der Waals surface area contributed by atoms with E-state index < -0.39 is 0 Å². The zero-order valence-corrected chi connectivity index (χ0v) is 11.1. The molecule has 19 heavy (non-hydrogen) atoms. The first-order valence-corrected chi connectivity index (χ1v) is 6.82. The Kier molecular flexibility index (Phi) is 3.08. The highest BCUT2D eigenvalue weighted by Crippen LogP contribution is 2.29. The molecule has 0 aliphatic rings. The van der Waals surface area contributed by atoms with Crippen LogP contribution in [0.5, 0.6) is 0 Å². The number of fused-ring (bicyclic) bond motifs is 3. The van der Waals surface area contributed by atoms with Crippen molar-refractivity contribution in [3.8, 4) is 0 Å². The predicted molar refractivity (Wildman–Crippen MR) is 79.8 cm³/mol. The number of benzene rings is 2. The van der Waals surface area contributed by atoms with Crippen LogP contribution in [0.15, 0.2) is 36.4 Å². The second-order valence-electron chi connectivity index (χ2n) is 4.95. The first-order chi connectivity index (χ1) is 9.35. The lowest BCUT2D eigenvalue weighted by Crippen LogP contribution is -1.94. The largest absolute Gasteiger partial charge is 0.354 e. The van der Waals surface area contributed by atoms with Crippen molar-refractivity contribution in [2.24, 2.45) is 0 Å². The highest BCUT2D eigenvalue weighted by Gasteiger charge is 2.11. The van der Waals surface area contributed by atoms with Gasteiger partial charge in [0.2, 0.25) is 0 Å². The van der Waals surface area contributed by atoms with E-state index in [4.69, 9.17) is 0 Å². The van der Waals surface area contributed by atoms with Crippen LogP contribution in [0.4, 0.5) is 0 Å². The molecule has 1 N–H and O–H groups in total. The molecule has 0 saturated heterocycles. The van der Waals surface area contributed by atoms with E-state index >= 15 is 0 Å². The predicted octanol–water partition coefficient (Wildman–Crippen LogP) is 4.48. The number of aromatic amines is 1. The Morgan fingerprint density at radius 2 is 1.95 bits per heavy atom. The highest BCUT2D eigenvalue weighted by atomic mass is 16.1. The minimum absolute atomic E-state index is 0.821. The zero-order chi connectivity index (χ0) is 13.2. The lowest BCUT2D eigenvalue weighted by Gasteiger charge is -2.05. The van der Waals surface area contributed by atoms with Crippen LogP contribution < -0.4 is 0 Å². The topological polar surface area (TPSA) is 32.9 Å². The molecule has 2 heteroatoms. The van der Waals surface area contributed by atoms with Gasteiger partial charge in [-0.05, 0) is 24.5 Å². The summed E-state index contributed by atoms with van der Waals surface area (Å²) in [5.41, 5.74) is 4.04. The second-order valence-corrected chi connectivity index (χ2v) is 4.95. The number of hydrogen-bond acceptors (Lipinski definition) is 1. The Hall–Kier alpha value is -2.09. The number of aldehydes is 1. The van der Waals surface area contributed by atoms with E-state index in [1.807, 2.05) is 12.1 Å². The van der Waals surface area contributed by atoms with E-state index in [0.717, 1.165) is 53.1 Å². The summed E-state index contributed by atoms with van der Waals surface area (Å²) in [4.78, 5) is 14.8. The van der Waals surface area contributed by atoms with Crippen LogP contribution in [0.1, 0.15) is 35.7 Å². The number of unbranched alkanes of at least 4 members (excludes halogenated alkanes) is 1. The molecular formula is C17H17NO. The summed E-state index contributed by atoms with van der Waals surface area (Å²) in [7, 11) is 0. The van der Waals surface area contributed by atoms with E-state index in [1.165, 1.54) is 5.39 Å². The number of nitrogens with one attached hydrogen (secondary N) is 1. The Bertz CT molecular complexity index is 739. The molecule has 0 spiro atoms. The van der Waals surface area contributed by atoms with Crippen LogP contribution >= 0.6 is 0 Å². The summed E-state index contributed by atoms with van der Waals surface area (Å²) in [6.07, 6.45) is 4.22. The standard InChI is InChI=1S/C17H17NO/c1-2-3-6-12-9-10-14-13-7-4-5-8-16(13)18-17(14)15(12)11-19/h4-5,7-11,18H,2-3,6H2,1H3. The van der Waals surface area contributed by atoms with Gasteiger partial charge in [0.25, 0.3) is 0 Å². The lowest BCUT2D eigenvalue weighted by atomic mass is 9.99. The van der Waals surface area contributed by atoms with E-state index in [9.17, 15) is 4.79 Å². The fraction of sp³-hybridized carbons (Fsp3) is 0.235. The third kappa shape index (κ3) is 1.93. The summed E-state index contributed by atoms with van der Waals surface area (Å²) in [6, 6.07) is 12.4. The SMILES string of the molecule is CCCCc1ccc2c([nH]c3ccccc32)c1C=O. The fourth-order valence-corrected chi connectivity index (χ4v) is 2.70. The molecule has 0 aliphatic heterocycles. The van der Waals surface area contributed by atoms with Crippen LogP contribution in [-0.4, -0.2) is 11.3 Å². The van der Waals surface area contributed by atoms with Crippen molar-refractivity contribution in [3.05, 3.63) is 47.5 Å². The Labute approximate surface area is 112 Å². The normalized spacial score (nSPS) is 11.2. The maximum atomic E-state index is 11.5. The molecule has 0 amide bonds. The van der Waals surface area contributed by atoms with Crippen LogP contribution in [0.25, 0.3) is 21.8 Å². The van der Waals surface area contributed by atoms with E-state index in [0.29, 0.717) is 0 Å². The van der Waals surface area contributed by atoms with Gasteiger partial charge in [0.05, 0.1) is 5.52 Å². The Morgan fingerprint density at radius 3 is 2.74 bits per heavy atom. The molecule has 0 bridgehead atoms. The van der Waals surface area contributed by atoms with Crippen LogP contribution in [-0.2, 0) is 6.42 Å². The average molecular weight is 251 g/mol. The van der Waals surface area contributed by atoms with Crippen molar-refractivity contribution in [1.82, 2.24) is 4.98 Å². The summed E-state index contributed by atoms with van der Waals surface area (Å²) >= 11 is 0. The smallest absolute Gasteiger partial charge is 0.152 e. The van der Waals surface area contributed by atoms with Gasteiger partial charge in [-0.1, -0.05) is 43.7 Å². The molecule has 0 saturated carbocycles. The minimum atomic E-state index is 0.821. The van der Waals surface area contributed by atoms with E-state index in [-0.39, 0.29) is 0 Å². The Balaban J connectivity index is 2.27. The first-order valence-electron chi connectivity index (χ1n) is 6.82. The van der Waals surface area contributed by atoms with Gasteiger partial charge in [0.15, 0.2) is 6.29 Å². The summed E-state index contributed by atoms with van der Waals surface area (Å²) < 4.78 is 0. The van der Waals surface area contributed by atoms with Crippen LogP contribution in [0, 0.1) is 0 Å². The number of para-hydroxylation sites is 1. The van der Waals surface area contributed by atoms with Crippen molar-refractivity contribution in [1.29, 1.82) is 0 Å². The van der Waals surface area contributed by atoms with Crippen molar-refractivity contribution < 1.29 is 4.79 Å². The number of rotatable bonds is 4. The lowest BCUT2D eigenvalue weighted by molar-refractivity contribution is 0.112. The van der Waals surface area contributed by atoms with Gasteiger partial charge in [-0.15, -0.1) is 0 Å². The number of H-pyrrole nitrogens is 1. The van der Waals surface area contributed by atoms with Gasteiger partial charge >= 0.3 is 0 Å². The van der Waals surface area contributed by atoms with Gasteiger partial charge < -0.3 is 4.98 Å². The van der Waals surface area contributed by atoms with E-state index in [1.54, 1.807) is 0 Å². The number of aromatic nitrogens is 1. The molecule has 0 fully saturated rings. The summed E-state index contributed by atoms with van der Waals surface area (Å²) in [6.45, 7) is 2.17. The third-order valence-corrected chi connectivity index (χ3v) is 3.73. The number of aryl methyl sites for hydroxylation is 1. The molecule has 3 rings (SSSR count). The molecule has 96 valence electrons. The molecular weight excluding hydrogens is 234 g/mol.